The number of aromatic nitrogens is 1. The van der Waals surface area contributed by atoms with Crippen molar-refractivity contribution in [3.63, 3.8) is 0 Å². The molecule has 0 amide bonds. The normalized spacial score (nSPS) is 10.5. The van der Waals surface area contributed by atoms with Gasteiger partial charge < -0.3 is 9.47 Å². The van der Waals surface area contributed by atoms with Gasteiger partial charge in [-0.05, 0) is 24.3 Å². The van der Waals surface area contributed by atoms with Crippen molar-refractivity contribution in [2.45, 2.75) is 0 Å². The lowest BCUT2D eigenvalue weighted by Gasteiger charge is -2.08. The van der Waals surface area contributed by atoms with Gasteiger partial charge in [-0.15, -0.1) is 11.3 Å². The molecule has 3 rings (SSSR count). The lowest BCUT2D eigenvalue weighted by molar-refractivity contribution is 0.395. The van der Waals surface area contributed by atoms with Crippen molar-refractivity contribution < 1.29 is 13.9 Å². The minimum atomic E-state index is -0.267. The highest BCUT2D eigenvalue weighted by atomic mass is 32.1. The highest BCUT2D eigenvalue weighted by Gasteiger charge is 2.12. The first-order valence-corrected chi connectivity index (χ1v) is 7.53. The van der Waals surface area contributed by atoms with Crippen molar-refractivity contribution in [3.8, 4) is 33.3 Å². The summed E-state index contributed by atoms with van der Waals surface area (Å²) in [7, 11) is 3.22. The van der Waals surface area contributed by atoms with Crippen molar-refractivity contribution in [3.05, 3.63) is 53.7 Å². The summed E-state index contributed by atoms with van der Waals surface area (Å²) in [5.41, 5.74) is 2.44. The minimum Gasteiger partial charge on any atom is -0.497 e. The minimum absolute atomic E-state index is 0.267. The zero-order valence-electron chi connectivity index (χ0n) is 12.2. The van der Waals surface area contributed by atoms with Crippen LogP contribution in [0.2, 0.25) is 0 Å². The number of rotatable bonds is 4. The van der Waals surface area contributed by atoms with Crippen molar-refractivity contribution in [2.75, 3.05) is 14.2 Å². The molecule has 1 heterocycles. The molecule has 22 heavy (non-hydrogen) atoms. The lowest BCUT2D eigenvalue weighted by Crippen LogP contribution is -1.90. The predicted molar refractivity (Wildman–Crippen MR) is 86.0 cm³/mol. The zero-order chi connectivity index (χ0) is 15.5. The van der Waals surface area contributed by atoms with Gasteiger partial charge in [0.25, 0.3) is 0 Å². The Labute approximate surface area is 132 Å². The quantitative estimate of drug-likeness (QED) is 0.703. The van der Waals surface area contributed by atoms with Crippen LogP contribution in [0.5, 0.6) is 11.5 Å². The molecule has 0 N–H and O–H groups in total. The molecule has 0 aliphatic heterocycles. The highest BCUT2D eigenvalue weighted by Crippen LogP contribution is 2.36. The van der Waals surface area contributed by atoms with Crippen molar-refractivity contribution in [2.24, 2.45) is 0 Å². The van der Waals surface area contributed by atoms with Crippen LogP contribution in [0.25, 0.3) is 21.8 Å². The van der Waals surface area contributed by atoms with Gasteiger partial charge in [-0.2, -0.15) is 0 Å². The van der Waals surface area contributed by atoms with E-state index in [1.807, 2.05) is 29.6 Å². The molecule has 0 unspecified atom stereocenters. The summed E-state index contributed by atoms with van der Waals surface area (Å²) in [5.74, 6) is 1.15. The van der Waals surface area contributed by atoms with Crippen LogP contribution >= 0.6 is 11.3 Å². The van der Waals surface area contributed by atoms with Gasteiger partial charge in [-0.3, -0.25) is 0 Å². The van der Waals surface area contributed by atoms with Crippen LogP contribution in [-0.4, -0.2) is 19.2 Å². The molecule has 0 bridgehead atoms. The van der Waals surface area contributed by atoms with Crippen LogP contribution in [-0.2, 0) is 0 Å². The number of halogens is 1. The number of thiazole rings is 1. The van der Waals surface area contributed by atoms with Crippen molar-refractivity contribution in [1.82, 2.24) is 4.98 Å². The molecule has 0 saturated carbocycles. The van der Waals surface area contributed by atoms with Gasteiger partial charge in [0.2, 0.25) is 0 Å². The third kappa shape index (κ3) is 2.80. The lowest BCUT2D eigenvalue weighted by atomic mass is 10.1. The largest absolute Gasteiger partial charge is 0.497 e. The smallest absolute Gasteiger partial charge is 0.131 e. The fourth-order valence-corrected chi connectivity index (χ4v) is 2.98. The standard InChI is InChI=1S/C17H14FNO2S/c1-20-13-6-7-14(16(9-13)21-2)15-10-22-17(19-15)11-4-3-5-12(18)8-11/h3-10H,1-2H3. The molecule has 0 saturated heterocycles. The summed E-state index contributed by atoms with van der Waals surface area (Å²) in [4.78, 5) is 4.59. The second-order valence-electron chi connectivity index (χ2n) is 4.61. The van der Waals surface area contributed by atoms with Crippen molar-refractivity contribution in [1.29, 1.82) is 0 Å². The predicted octanol–water partition coefficient (Wildman–Crippen LogP) is 4.63. The van der Waals surface area contributed by atoms with Gasteiger partial charge in [0.05, 0.1) is 19.9 Å². The Bertz CT molecular complexity index is 801. The number of hydrogen-bond acceptors (Lipinski definition) is 4. The topological polar surface area (TPSA) is 31.4 Å². The number of hydrogen-bond donors (Lipinski definition) is 0. The highest BCUT2D eigenvalue weighted by molar-refractivity contribution is 7.13. The van der Waals surface area contributed by atoms with Gasteiger partial charge >= 0.3 is 0 Å². The molecule has 3 aromatic rings. The van der Waals surface area contributed by atoms with E-state index in [0.717, 1.165) is 27.6 Å². The summed E-state index contributed by atoms with van der Waals surface area (Å²) in [5, 5.41) is 2.71. The first-order chi connectivity index (χ1) is 10.7. The summed E-state index contributed by atoms with van der Waals surface area (Å²) in [6.07, 6.45) is 0. The molecule has 3 nitrogen and oxygen atoms in total. The fourth-order valence-electron chi connectivity index (χ4n) is 2.16. The van der Waals surface area contributed by atoms with Gasteiger partial charge in [-0.25, -0.2) is 9.37 Å². The Kier molecular flexibility index (Phi) is 4.06. The summed E-state index contributed by atoms with van der Waals surface area (Å²) >= 11 is 1.47. The Morgan fingerprint density at radius 1 is 1.05 bits per heavy atom. The molecule has 0 aliphatic rings. The van der Waals surface area contributed by atoms with E-state index in [-0.39, 0.29) is 5.82 Å². The van der Waals surface area contributed by atoms with Crippen LogP contribution in [0.1, 0.15) is 0 Å². The molecule has 5 heteroatoms. The van der Waals surface area contributed by atoms with E-state index >= 15 is 0 Å². The molecular formula is C17H14FNO2S. The SMILES string of the molecule is COc1ccc(-c2csc(-c3cccc(F)c3)n2)c(OC)c1. The second kappa shape index (κ2) is 6.15. The summed E-state index contributed by atoms with van der Waals surface area (Å²) < 4.78 is 23.9. The van der Waals surface area contributed by atoms with Crippen LogP contribution in [0, 0.1) is 5.82 Å². The first-order valence-electron chi connectivity index (χ1n) is 6.65. The Balaban J connectivity index is 2.00. The van der Waals surface area contributed by atoms with E-state index in [9.17, 15) is 4.39 Å². The van der Waals surface area contributed by atoms with Crippen LogP contribution < -0.4 is 9.47 Å². The van der Waals surface area contributed by atoms with Crippen LogP contribution in [0.4, 0.5) is 4.39 Å². The Morgan fingerprint density at radius 2 is 1.91 bits per heavy atom. The van der Waals surface area contributed by atoms with Gasteiger partial charge in [0, 0.05) is 22.6 Å². The van der Waals surface area contributed by atoms with E-state index in [1.54, 1.807) is 20.3 Å². The Morgan fingerprint density at radius 3 is 2.64 bits per heavy atom. The number of methoxy groups -OCH3 is 2. The van der Waals surface area contributed by atoms with E-state index in [0.29, 0.717) is 5.75 Å². The van der Waals surface area contributed by atoms with E-state index in [4.69, 9.17) is 9.47 Å². The molecule has 0 radical (unpaired) electrons. The maximum absolute atomic E-state index is 13.3. The molecule has 112 valence electrons. The fraction of sp³-hybridized carbons (Fsp3) is 0.118. The van der Waals surface area contributed by atoms with E-state index < -0.39 is 0 Å². The van der Waals surface area contributed by atoms with Gasteiger partial charge in [-0.1, -0.05) is 12.1 Å². The Hall–Kier alpha value is -2.40. The molecule has 0 spiro atoms. The molecule has 1 aromatic heterocycles. The monoisotopic (exact) mass is 315 g/mol. The number of benzene rings is 2. The van der Waals surface area contributed by atoms with E-state index in [2.05, 4.69) is 4.98 Å². The van der Waals surface area contributed by atoms with Gasteiger partial charge in [0.15, 0.2) is 0 Å². The second-order valence-corrected chi connectivity index (χ2v) is 5.47. The molecule has 2 aromatic carbocycles. The third-order valence-corrected chi connectivity index (χ3v) is 4.15. The molecule has 0 fully saturated rings. The summed E-state index contributed by atoms with van der Waals surface area (Å²) in [6.45, 7) is 0. The maximum atomic E-state index is 13.3. The van der Waals surface area contributed by atoms with Crippen molar-refractivity contribution >= 4 is 11.3 Å². The zero-order valence-corrected chi connectivity index (χ0v) is 13.0. The number of nitrogens with zero attached hydrogens (tertiary/aromatic N) is 1. The van der Waals surface area contributed by atoms with E-state index in [1.165, 1.54) is 23.5 Å². The maximum Gasteiger partial charge on any atom is 0.131 e. The summed E-state index contributed by atoms with van der Waals surface area (Å²) in [6, 6.07) is 12.0. The van der Waals surface area contributed by atoms with Gasteiger partial charge in [0.1, 0.15) is 22.3 Å². The third-order valence-electron chi connectivity index (χ3n) is 3.26. The molecular weight excluding hydrogens is 301 g/mol. The van der Waals surface area contributed by atoms with Crippen LogP contribution in [0.3, 0.4) is 0 Å². The first kappa shape index (κ1) is 14.5. The number of ether oxygens (including phenoxy) is 2. The molecule has 0 aliphatic carbocycles. The van der Waals surface area contributed by atoms with Crippen LogP contribution in [0.15, 0.2) is 47.8 Å². The average molecular weight is 315 g/mol. The average Bonchev–Trinajstić information content (AvgIpc) is 3.04. The molecule has 0 atom stereocenters.